The molecule has 14 heavy (non-hydrogen) atoms. The molecule has 0 bridgehead atoms. The van der Waals surface area contributed by atoms with E-state index in [1.807, 2.05) is 18.3 Å². The number of hydrogen-bond donors (Lipinski definition) is 0. The third kappa shape index (κ3) is 1.96. The van der Waals surface area contributed by atoms with Crippen LogP contribution in [0.15, 0.2) is 24.4 Å². The van der Waals surface area contributed by atoms with Crippen molar-refractivity contribution in [2.75, 3.05) is 0 Å². The predicted molar refractivity (Wildman–Crippen MR) is 57.6 cm³/mol. The van der Waals surface area contributed by atoms with Crippen molar-refractivity contribution in [2.45, 2.75) is 25.7 Å². The first kappa shape index (κ1) is 9.27. The van der Waals surface area contributed by atoms with Crippen molar-refractivity contribution in [3.8, 4) is 12.3 Å². The second-order valence-corrected chi connectivity index (χ2v) is 3.99. The Morgan fingerprint density at radius 1 is 1.50 bits per heavy atom. The summed E-state index contributed by atoms with van der Waals surface area (Å²) in [5.41, 5.74) is 1.13. The molecule has 1 aliphatic rings. The molecular formula is C13H15N. The van der Waals surface area contributed by atoms with Crippen LogP contribution in [0.4, 0.5) is 0 Å². The van der Waals surface area contributed by atoms with Crippen LogP contribution in [0.3, 0.4) is 0 Å². The van der Waals surface area contributed by atoms with E-state index in [0.717, 1.165) is 18.0 Å². The first-order valence-electron chi connectivity index (χ1n) is 5.26. The minimum absolute atomic E-state index is 0.402. The van der Waals surface area contributed by atoms with Crippen molar-refractivity contribution < 1.29 is 0 Å². The van der Waals surface area contributed by atoms with Gasteiger partial charge in [-0.05, 0) is 30.9 Å². The van der Waals surface area contributed by atoms with Crippen LogP contribution in [-0.4, -0.2) is 4.98 Å². The second kappa shape index (κ2) is 4.28. The average Bonchev–Trinajstić information content (AvgIpc) is 2.15. The average molecular weight is 185 g/mol. The van der Waals surface area contributed by atoms with Gasteiger partial charge in [-0.2, -0.15) is 0 Å². The molecule has 1 nitrogen and oxygen atoms in total. The molecule has 1 heteroatoms. The standard InChI is InChI=1S/C13H15N/c1-2-11(12-6-5-7-12)10-13-8-3-4-9-14-13/h1,3-4,8-9,11-12H,5-7,10H2. The summed E-state index contributed by atoms with van der Waals surface area (Å²) in [6.45, 7) is 0. The Balaban J connectivity index is 1.98. The summed E-state index contributed by atoms with van der Waals surface area (Å²) in [7, 11) is 0. The number of rotatable bonds is 3. The molecule has 0 spiro atoms. The van der Waals surface area contributed by atoms with Crippen molar-refractivity contribution in [3.05, 3.63) is 30.1 Å². The molecule has 1 heterocycles. The van der Waals surface area contributed by atoms with E-state index in [1.165, 1.54) is 19.3 Å². The van der Waals surface area contributed by atoms with Gasteiger partial charge < -0.3 is 0 Å². The highest BCUT2D eigenvalue weighted by Crippen LogP contribution is 2.34. The molecule has 72 valence electrons. The molecule has 0 aromatic carbocycles. The minimum atomic E-state index is 0.402. The van der Waals surface area contributed by atoms with Crippen molar-refractivity contribution in [2.24, 2.45) is 11.8 Å². The van der Waals surface area contributed by atoms with Gasteiger partial charge in [-0.25, -0.2) is 0 Å². The predicted octanol–water partition coefficient (Wildman–Crippen LogP) is 2.67. The summed E-state index contributed by atoms with van der Waals surface area (Å²) in [6.07, 6.45) is 12.3. The first-order valence-corrected chi connectivity index (χ1v) is 5.26. The van der Waals surface area contributed by atoms with Crippen molar-refractivity contribution in [1.29, 1.82) is 0 Å². The van der Waals surface area contributed by atoms with Gasteiger partial charge in [0.15, 0.2) is 0 Å². The largest absolute Gasteiger partial charge is 0.261 e. The molecule has 1 saturated carbocycles. The van der Waals surface area contributed by atoms with E-state index in [4.69, 9.17) is 6.42 Å². The van der Waals surface area contributed by atoms with Crippen LogP contribution in [0.2, 0.25) is 0 Å². The van der Waals surface area contributed by atoms with Gasteiger partial charge in [0.1, 0.15) is 0 Å². The summed E-state index contributed by atoms with van der Waals surface area (Å²) >= 11 is 0. The van der Waals surface area contributed by atoms with Crippen LogP contribution in [0, 0.1) is 24.2 Å². The van der Waals surface area contributed by atoms with Crippen LogP contribution in [0.5, 0.6) is 0 Å². The molecule has 1 aromatic heterocycles. The summed E-state index contributed by atoms with van der Waals surface area (Å²) in [4.78, 5) is 4.31. The highest BCUT2D eigenvalue weighted by atomic mass is 14.7. The number of pyridine rings is 1. The summed E-state index contributed by atoms with van der Waals surface area (Å²) in [6, 6.07) is 6.03. The van der Waals surface area contributed by atoms with Gasteiger partial charge in [0, 0.05) is 24.2 Å². The van der Waals surface area contributed by atoms with Gasteiger partial charge in [0.05, 0.1) is 0 Å². The molecular weight excluding hydrogens is 170 g/mol. The fraction of sp³-hybridized carbons (Fsp3) is 0.462. The van der Waals surface area contributed by atoms with Gasteiger partial charge in [-0.3, -0.25) is 4.98 Å². The number of aromatic nitrogens is 1. The highest BCUT2D eigenvalue weighted by molar-refractivity contribution is 5.10. The van der Waals surface area contributed by atoms with Gasteiger partial charge >= 0.3 is 0 Å². The van der Waals surface area contributed by atoms with E-state index >= 15 is 0 Å². The normalized spacial score (nSPS) is 18.2. The van der Waals surface area contributed by atoms with Crippen molar-refractivity contribution in [3.63, 3.8) is 0 Å². The van der Waals surface area contributed by atoms with Gasteiger partial charge in [-0.1, -0.05) is 12.5 Å². The van der Waals surface area contributed by atoms with E-state index in [0.29, 0.717) is 5.92 Å². The zero-order chi connectivity index (χ0) is 9.80. The fourth-order valence-corrected chi connectivity index (χ4v) is 1.95. The molecule has 0 N–H and O–H groups in total. The van der Waals surface area contributed by atoms with E-state index in [9.17, 15) is 0 Å². The molecule has 0 radical (unpaired) electrons. The Morgan fingerprint density at radius 3 is 2.86 bits per heavy atom. The topological polar surface area (TPSA) is 12.9 Å². The summed E-state index contributed by atoms with van der Waals surface area (Å²) in [5, 5.41) is 0. The summed E-state index contributed by atoms with van der Waals surface area (Å²) in [5.74, 6) is 4.07. The lowest BCUT2D eigenvalue weighted by Crippen LogP contribution is -2.22. The van der Waals surface area contributed by atoms with Crippen molar-refractivity contribution in [1.82, 2.24) is 4.98 Å². The molecule has 0 saturated heterocycles. The first-order chi connectivity index (χ1) is 6.90. The number of hydrogen-bond acceptors (Lipinski definition) is 1. The summed E-state index contributed by atoms with van der Waals surface area (Å²) < 4.78 is 0. The van der Waals surface area contributed by atoms with Crippen LogP contribution in [-0.2, 0) is 6.42 Å². The third-order valence-electron chi connectivity index (χ3n) is 3.09. The SMILES string of the molecule is C#CC(Cc1ccccn1)C1CCC1. The molecule has 0 aliphatic heterocycles. The molecule has 1 fully saturated rings. The smallest absolute Gasteiger partial charge is 0.0416 e. The van der Waals surface area contributed by atoms with Crippen LogP contribution >= 0.6 is 0 Å². The van der Waals surface area contributed by atoms with Gasteiger partial charge in [-0.15, -0.1) is 12.3 Å². The zero-order valence-electron chi connectivity index (χ0n) is 8.32. The van der Waals surface area contributed by atoms with Gasteiger partial charge in [0.25, 0.3) is 0 Å². The van der Waals surface area contributed by atoms with Crippen LogP contribution < -0.4 is 0 Å². The zero-order valence-corrected chi connectivity index (χ0v) is 8.32. The Morgan fingerprint density at radius 2 is 2.36 bits per heavy atom. The maximum absolute atomic E-state index is 5.55. The van der Waals surface area contributed by atoms with Crippen molar-refractivity contribution >= 4 is 0 Å². The lowest BCUT2D eigenvalue weighted by molar-refractivity contribution is 0.246. The lowest BCUT2D eigenvalue weighted by Gasteiger charge is -2.30. The maximum atomic E-state index is 5.55. The second-order valence-electron chi connectivity index (χ2n) is 3.99. The fourth-order valence-electron chi connectivity index (χ4n) is 1.95. The van der Waals surface area contributed by atoms with E-state index in [-0.39, 0.29) is 0 Å². The van der Waals surface area contributed by atoms with Crippen LogP contribution in [0.25, 0.3) is 0 Å². The molecule has 1 atom stereocenters. The minimum Gasteiger partial charge on any atom is -0.261 e. The Hall–Kier alpha value is -1.29. The molecule has 1 aliphatic carbocycles. The van der Waals surface area contributed by atoms with Crippen LogP contribution in [0.1, 0.15) is 25.0 Å². The number of terminal acetylenes is 1. The number of nitrogens with zero attached hydrogens (tertiary/aromatic N) is 1. The van der Waals surface area contributed by atoms with Gasteiger partial charge in [0.2, 0.25) is 0 Å². The quantitative estimate of drug-likeness (QED) is 0.660. The Kier molecular flexibility index (Phi) is 2.84. The van der Waals surface area contributed by atoms with E-state index in [2.05, 4.69) is 17.0 Å². The molecule has 1 unspecified atom stereocenters. The highest BCUT2D eigenvalue weighted by Gasteiger charge is 2.25. The monoisotopic (exact) mass is 185 g/mol. The maximum Gasteiger partial charge on any atom is 0.0416 e. The lowest BCUT2D eigenvalue weighted by atomic mass is 9.74. The third-order valence-corrected chi connectivity index (χ3v) is 3.09. The Bertz CT molecular complexity index is 319. The Labute approximate surface area is 85.6 Å². The van der Waals surface area contributed by atoms with E-state index < -0.39 is 0 Å². The molecule has 1 aromatic rings. The molecule has 0 amide bonds. The molecule has 2 rings (SSSR count). The van der Waals surface area contributed by atoms with E-state index in [1.54, 1.807) is 0 Å².